The third-order valence-electron chi connectivity index (χ3n) is 4.15. The highest BCUT2D eigenvalue weighted by molar-refractivity contribution is 7.93. The van der Waals surface area contributed by atoms with Crippen LogP contribution in [0.5, 0.6) is 0 Å². The molecule has 2 rings (SSSR count). The van der Waals surface area contributed by atoms with Gasteiger partial charge in [-0.15, -0.1) is 0 Å². The fourth-order valence-electron chi connectivity index (χ4n) is 2.66. The standard InChI is InChI=1S/C15H22N2O3S/c1-10-7-8-12(16)9-14(10)17-15(18)11(2)21(19,20)13-5-3-4-6-13/h7-9,11,13H,3-6,16H2,1-2H3,(H,17,18). The Balaban J connectivity index is 2.14. The van der Waals surface area contributed by atoms with Gasteiger partial charge in [-0.1, -0.05) is 18.9 Å². The second kappa shape index (κ2) is 6.05. The summed E-state index contributed by atoms with van der Waals surface area (Å²) in [4.78, 5) is 12.2. The number of carbonyl (C=O) groups excluding carboxylic acids is 1. The molecule has 21 heavy (non-hydrogen) atoms. The van der Waals surface area contributed by atoms with Crippen LogP contribution in [0.3, 0.4) is 0 Å². The number of rotatable bonds is 4. The van der Waals surface area contributed by atoms with Crippen molar-refractivity contribution in [3.8, 4) is 0 Å². The number of anilines is 2. The minimum absolute atomic E-state index is 0.375. The molecule has 0 bridgehead atoms. The highest BCUT2D eigenvalue weighted by Crippen LogP contribution is 2.28. The van der Waals surface area contributed by atoms with Gasteiger partial charge in [-0.3, -0.25) is 4.79 Å². The SMILES string of the molecule is Cc1ccc(N)cc1NC(=O)C(C)S(=O)(=O)C1CCCC1. The van der Waals surface area contributed by atoms with Crippen LogP contribution in [-0.2, 0) is 14.6 Å². The molecule has 116 valence electrons. The Morgan fingerprint density at radius 1 is 1.33 bits per heavy atom. The summed E-state index contributed by atoms with van der Waals surface area (Å²) in [6, 6.07) is 5.17. The predicted octanol–water partition coefficient (Wildman–Crippen LogP) is 2.26. The number of nitrogens with two attached hydrogens (primary N) is 1. The van der Waals surface area contributed by atoms with Crippen LogP contribution in [0.15, 0.2) is 18.2 Å². The molecule has 0 saturated heterocycles. The third kappa shape index (κ3) is 3.37. The van der Waals surface area contributed by atoms with Crippen molar-refractivity contribution in [2.24, 2.45) is 0 Å². The zero-order chi connectivity index (χ0) is 15.6. The molecule has 1 aromatic carbocycles. The monoisotopic (exact) mass is 310 g/mol. The molecule has 1 amide bonds. The molecular formula is C15H22N2O3S. The van der Waals surface area contributed by atoms with Gasteiger partial charge in [0.05, 0.1) is 5.25 Å². The van der Waals surface area contributed by atoms with E-state index in [1.807, 2.05) is 6.92 Å². The molecule has 1 saturated carbocycles. The van der Waals surface area contributed by atoms with Crippen LogP contribution in [0.4, 0.5) is 11.4 Å². The van der Waals surface area contributed by atoms with Gasteiger partial charge in [0.25, 0.3) is 0 Å². The molecule has 1 aliphatic carbocycles. The summed E-state index contributed by atoms with van der Waals surface area (Å²) in [6.45, 7) is 3.30. The molecule has 0 aliphatic heterocycles. The lowest BCUT2D eigenvalue weighted by Crippen LogP contribution is -2.37. The van der Waals surface area contributed by atoms with Crippen LogP contribution in [0.25, 0.3) is 0 Å². The van der Waals surface area contributed by atoms with E-state index in [2.05, 4.69) is 5.32 Å². The normalized spacial score (nSPS) is 17.6. The number of sulfone groups is 1. The van der Waals surface area contributed by atoms with E-state index in [9.17, 15) is 13.2 Å². The van der Waals surface area contributed by atoms with E-state index in [1.165, 1.54) is 6.92 Å². The molecule has 6 heteroatoms. The molecule has 0 aromatic heterocycles. The summed E-state index contributed by atoms with van der Waals surface area (Å²) < 4.78 is 24.9. The minimum atomic E-state index is -3.42. The van der Waals surface area contributed by atoms with Crippen LogP contribution in [0.1, 0.15) is 38.2 Å². The summed E-state index contributed by atoms with van der Waals surface area (Å²) in [6.07, 6.45) is 3.17. The van der Waals surface area contributed by atoms with E-state index in [4.69, 9.17) is 5.73 Å². The van der Waals surface area contributed by atoms with Crippen molar-refractivity contribution >= 4 is 27.1 Å². The van der Waals surface area contributed by atoms with E-state index < -0.39 is 21.0 Å². The lowest BCUT2D eigenvalue weighted by Gasteiger charge is -2.18. The van der Waals surface area contributed by atoms with Gasteiger partial charge in [0.2, 0.25) is 5.91 Å². The summed E-state index contributed by atoms with van der Waals surface area (Å²) in [7, 11) is -3.42. The third-order valence-corrected chi connectivity index (χ3v) is 6.75. The van der Waals surface area contributed by atoms with Gasteiger partial charge in [-0.05, 0) is 44.4 Å². The van der Waals surface area contributed by atoms with E-state index in [-0.39, 0.29) is 5.25 Å². The molecule has 1 unspecified atom stereocenters. The Kier molecular flexibility index (Phi) is 4.56. The lowest BCUT2D eigenvalue weighted by atomic mass is 10.2. The van der Waals surface area contributed by atoms with Crippen molar-refractivity contribution in [1.29, 1.82) is 0 Å². The predicted molar refractivity (Wildman–Crippen MR) is 84.9 cm³/mol. The number of aryl methyl sites for hydroxylation is 1. The molecule has 1 aromatic rings. The van der Waals surface area contributed by atoms with Gasteiger partial charge in [-0.25, -0.2) is 8.42 Å². The van der Waals surface area contributed by atoms with E-state index in [1.54, 1.807) is 18.2 Å². The van der Waals surface area contributed by atoms with Gasteiger partial charge < -0.3 is 11.1 Å². The zero-order valence-corrected chi connectivity index (χ0v) is 13.2. The van der Waals surface area contributed by atoms with Crippen LogP contribution in [-0.4, -0.2) is 24.8 Å². The Morgan fingerprint density at radius 2 is 1.95 bits per heavy atom. The highest BCUT2D eigenvalue weighted by atomic mass is 32.2. The Labute approximate surface area is 125 Å². The molecular weight excluding hydrogens is 288 g/mol. The average Bonchev–Trinajstić information content (AvgIpc) is 2.96. The summed E-state index contributed by atoms with van der Waals surface area (Å²) in [5, 5.41) is 1.27. The highest BCUT2D eigenvalue weighted by Gasteiger charge is 2.37. The van der Waals surface area contributed by atoms with Crippen LogP contribution < -0.4 is 11.1 Å². The van der Waals surface area contributed by atoms with Gasteiger partial charge in [0.1, 0.15) is 5.25 Å². The summed E-state index contributed by atoms with van der Waals surface area (Å²) >= 11 is 0. The second-order valence-corrected chi connectivity index (χ2v) is 8.25. The minimum Gasteiger partial charge on any atom is -0.399 e. The van der Waals surface area contributed by atoms with Crippen molar-refractivity contribution in [2.75, 3.05) is 11.1 Å². The maximum Gasteiger partial charge on any atom is 0.242 e. The molecule has 0 spiro atoms. The first-order valence-corrected chi connectivity index (χ1v) is 8.83. The molecule has 0 radical (unpaired) electrons. The van der Waals surface area contributed by atoms with Crippen LogP contribution in [0, 0.1) is 6.92 Å². The molecule has 3 N–H and O–H groups in total. The van der Waals surface area contributed by atoms with Crippen molar-refractivity contribution < 1.29 is 13.2 Å². The quantitative estimate of drug-likeness (QED) is 0.835. The Hall–Kier alpha value is -1.56. The summed E-state index contributed by atoms with van der Waals surface area (Å²) in [5.41, 5.74) is 7.64. The Bertz CT molecular complexity index is 634. The van der Waals surface area contributed by atoms with Gasteiger partial charge in [-0.2, -0.15) is 0 Å². The van der Waals surface area contributed by atoms with E-state index in [0.29, 0.717) is 24.2 Å². The second-order valence-electron chi connectivity index (χ2n) is 5.70. The van der Waals surface area contributed by atoms with Crippen molar-refractivity contribution in [3.63, 3.8) is 0 Å². The number of amides is 1. The van der Waals surface area contributed by atoms with Gasteiger partial charge in [0.15, 0.2) is 9.84 Å². The topological polar surface area (TPSA) is 89.3 Å². The number of nitrogen functional groups attached to an aromatic ring is 1. The summed E-state index contributed by atoms with van der Waals surface area (Å²) in [5.74, 6) is -0.490. The number of hydrogen-bond donors (Lipinski definition) is 2. The average molecular weight is 310 g/mol. The van der Waals surface area contributed by atoms with Crippen molar-refractivity contribution in [1.82, 2.24) is 0 Å². The lowest BCUT2D eigenvalue weighted by molar-refractivity contribution is -0.115. The van der Waals surface area contributed by atoms with E-state index >= 15 is 0 Å². The number of benzene rings is 1. The van der Waals surface area contributed by atoms with E-state index in [0.717, 1.165) is 18.4 Å². The largest absolute Gasteiger partial charge is 0.399 e. The maximum atomic E-state index is 12.4. The molecule has 1 fully saturated rings. The fraction of sp³-hybridized carbons (Fsp3) is 0.533. The molecule has 5 nitrogen and oxygen atoms in total. The van der Waals surface area contributed by atoms with Crippen molar-refractivity contribution in [2.45, 2.75) is 50.0 Å². The smallest absolute Gasteiger partial charge is 0.242 e. The maximum absolute atomic E-state index is 12.4. The Morgan fingerprint density at radius 3 is 2.57 bits per heavy atom. The fourth-order valence-corrected chi connectivity index (χ4v) is 4.59. The molecule has 1 aliphatic rings. The molecule has 1 atom stereocenters. The number of carbonyl (C=O) groups is 1. The van der Waals surface area contributed by atoms with Crippen molar-refractivity contribution in [3.05, 3.63) is 23.8 Å². The number of nitrogens with one attached hydrogen (secondary N) is 1. The van der Waals surface area contributed by atoms with Crippen LogP contribution in [0.2, 0.25) is 0 Å². The first-order chi connectivity index (χ1) is 9.82. The first kappa shape index (κ1) is 15.8. The zero-order valence-electron chi connectivity index (χ0n) is 12.4. The van der Waals surface area contributed by atoms with Gasteiger partial charge >= 0.3 is 0 Å². The first-order valence-electron chi connectivity index (χ1n) is 7.22. The number of hydrogen-bond acceptors (Lipinski definition) is 4. The van der Waals surface area contributed by atoms with Crippen LogP contribution >= 0.6 is 0 Å². The van der Waals surface area contributed by atoms with Gasteiger partial charge in [0, 0.05) is 11.4 Å². The molecule has 0 heterocycles.